The first kappa shape index (κ1) is 13.3. The van der Waals surface area contributed by atoms with Gasteiger partial charge in [-0.3, -0.25) is 0 Å². The molecule has 1 N–H and O–H groups in total. The third kappa shape index (κ3) is 3.93. The van der Waals surface area contributed by atoms with Crippen LogP contribution in [0.4, 0.5) is 0 Å². The maximum atomic E-state index is 6.04. The van der Waals surface area contributed by atoms with Gasteiger partial charge in [0.05, 0.1) is 0 Å². The first-order valence-electron chi connectivity index (χ1n) is 6.29. The standard InChI is InChI=1S/C12H25ClN2/c1-3-12(4-2,11-13)14-7-10-15-8-5-6-9-15/h14H,3-11H2,1-2H3. The molecule has 1 heterocycles. The molecule has 15 heavy (non-hydrogen) atoms. The van der Waals surface area contributed by atoms with Gasteiger partial charge in [-0.25, -0.2) is 0 Å². The van der Waals surface area contributed by atoms with E-state index in [1.54, 1.807) is 0 Å². The van der Waals surface area contributed by atoms with E-state index in [4.69, 9.17) is 11.6 Å². The van der Waals surface area contributed by atoms with Gasteiger partial charge in [-0.15, -0.1) is 11.6 Å². The van der Waals surface area contributed by atoms with Gasteiger partial charge in [0.1, 0.15) is 0 Å². The van der Waals surface area contributed by atoms with Gasteiger partial charge in [0.25, 0.3) is 0 Å². The Hall–Kier alpha value is 0.210. The smallest absolute Gasteiger partial charge is 0.0405 e. The fraction of sp³-hybridized carbons (Fsp3) is 1.00. The third-order valence-electron chi connectivity index (χ3n) is 3.74. The molecule has 0 unspecified atom stereocenters. The highest BCUT2D eigenvalue weighted by molar-refractivity contribution is 6.18. The van der Waals surface area contributed by atoms with E-state index in [2.05, 4.69) is 24.1 Å². The summed E-state index contributed by atoms with van der Waals surface area (Å²) in [5.41, 5.74) is 0.168. The molecule has 0 aromatic heterocycles. The van der Waals surface area contributed by atoms with E-state index in [0.29, 0.717) is 0 Å². The summed E-state index contributed by atoms with van der Waals surface area (Å²) in [6, 6.07) is 0. The number of halogens is 1. The average molecular weight is 233 g/mol. The van der Waals surface area contributed by atoms with Gasteiger partial charge in [0.2, 0.25) is 0 Å². The quantitative estimate of drug-likeness (QED) is 0.679. The van der Waals surface area contributed by atoms with Crippen LogP contribution in [0.2, 0.25) is 0 Å². The minimum Gasteiger partial charge on any atom is -0.309 e. The molecule has 1 rings (SSSR count). The highest BCUT2D eigenvalue weighted by atomic mass is 35.5. The van der Waals surface area contributed by atoms with Crippen molar-refractivity contribution in [2.45, 2.75) is 45.1 Å². The zero-order valence-electron chi connectivity index (χ0n) is 10.2. The molecule has 1 aliphatic heterocycles. The molecule has 0 amide bonds. The fourth-order valence-electron chi connectivity index (χ4n) is 2.22. The van der Waals surface area contributed by atoms with Gasteiger partial charge < -0.3 is 10.2 Å². The van der Waals surface area contributed by atoms with Gasteiger partial charge in [-0.2, -0.15) is 0 Å². The van der Waals surface area contributed by atoms with Crippen LogP contribution in [0.15, 0.2) is 0 Å². The molecule has 0 radical (unpaired) electrons. The fourth-order valence-corrected chi connectivity index (χ4v) is 2.69. The second kappa shape index (κ2) is 6.72. The lowest BCUT2D eigenvalue weighted by atomic mass is 9.95. The average Bonchev–Trinajstić information content (AvgIpc) is 2.78. The number of hydrogen-bond donors (Lipinski definition) is 1. The summed E-state index contributed by atoms with van der Waals surface area (Å²) < 4.78 is 0. The van der Waals surface area contributed by atoms with Gasteiger partial charge in [0.15, 0.2) is 0 Å². The van der Waals surface area contributed by atoms with Gasteiger partial charge in [-0.05, 0) is 38.8 Å². The van der Waals surface area contributed by atoms with Crippen molar-refractivity contribution in [2.24, 2.45) is 0 Å². The third-order valence-corrected chi connectivity index (χ3v) is 4.25. The van der Waals surface area contributed by atoms with Crippen LogP contribution in [-0.2, 0) is 0 Å². The Balaban J connectivity index is 2.21. The molecule has 1 fully saturated rings. The lowest BCUT2D eigenvalue weighted by Gasteiger charge is -2.31. The van der Waals surface area contributed by atoms with Gasteiger partial charge in [-0.1, -0.05) is 13.8 Å². The van der Waals surface area contributed by atoms with Crippen molar-refractivity contribution in [1.29, 1.82) is 0 Å². The van der Waals surface area contributed by atoms with Crippen LogP contribution in [0.5, 0.6) is 0 Å². The van der Waals surface area contributed by atoms with Gasteiger partial charge >= 0.3 is 0 Å². The van der Waals surface area contributed by atoms with Crippen molar-refractivity contribution >= 4 is 11.6 Å². The number of nitrogens with one attached hydrogen (secondary N) is 1. The van der Waals surface area contributed by atoms with E-state index in [0.717, 1.165) is 25.3 Å². The first-order chi connectivity index (χ1) is 7.26. The highest BCUT2D eigenvalue weighted by Crippen LogP contribution is 2.16. The molecule has 0 saturated carbocycles. The molecular formula is C12H25ClN2. The predicted octanol–water partition coefficient (Wildman–Crippen LogP) is 2.47. The van der Waals surface area contributed by atoms with Crippen LogP contribution < -0.4 is 5.32 Å². The van der Waals surface area contributed by atoms with E-state index >= 15 is 0 Å². The summed E-state index contributed by atoms with van der Waals surface area (Å²) in [5.74, 6) is 0.722. The van der Waals surface area contributed by atoms with Crippen LogP contribution in [-0.4, -0.2) is 42.5 Å². The number of alkyl halides is 1. The summed E-state index contributed by atoms with van der Waals surface area (Å²) in [6.07, 6.45) is 4.99. The minimum absolute atomic E-state index is 0.168. The topological polar surface area (TPSA) is 15.3 Å². The lowest BCUT2D eigenvalue weighted by molar-refractivity contribution is 0.285. The van der Waals surface area contributed by atoms with Crippen molar-refractivity contribution in [3.63, 3.8) is 0 Å². The van der Waals surface area contributed by atoms with Crippen molar-refractivity contribution < 1.29 is 0 Å². The van der Waals surface area contributed by atoms with Crippen LogP contribution in [0.3, 0.4) is 0 Å². The highest BCUT2D eigenvalue weighted by Gasteiger charge is 2.24. The van der Waals surface area contributed by atoms with E-state index in [1.807, 2.05) is 0 Å². The Morgan fingerprint density at radius 3 is 2.27 bits per heavy atom. The van der Waals surface area contributed by atoms with Crippen LogP contribution in [0.25, 0.3) is 0 Å². The van der Waals surface area contributed by atoms with Crippen molar-refractivity contribution in [2.75, 3.05) is 32.1 Å². The second-order valence-corrected chi connectivity index (χ2v) is 4.86. The molecule has 1 aliphatic rings. The van der Waals surface area contributed by atoms with E-state index in [1.165, 1.54) is 32.5 Å². The first-order valence-corrected chi connectivity index (χ1v) is 6.83. The summed E-state index contributed by atoms with van der Waals surface area (Å²) in [4.78, 5) is 2.54. The van der Waals surface area contributed by atoms with Crippen molar-refractivity contribution in [3.8, 4) is 0 Å². The molecule has 0 bridgehead atoms. The largest absolute Gasteiger partial charge is 0.309 e. The van der Waals surface area contributed by atoms with E-state index in [-0.39, 0.29) is 5.54 Å². The molecule has 90 valence electrons. The zero-order valence-corrected chi connectivity index (χ0v) is 10.9. The molecule has 0 spiro atoms. The normalized spacial score (nSPS) is 18.6. The summed E-state index contributed by atoms with van der Waals surface area (Å²) in [6.45, 7) is 9.26. The number of rotatable bonds is 7. The monoisotopic (exact) mass is 232 g/mol. The Kier molecular flexibility index (Phi) is 5.95. The minimum atomic E-state index is 0.168. The molecule has 2 nitrogen and oxygen atoms in total. The summed E-state index contributed by atoms with van der Waals surface area (Å²) >= 11 is 6.04. The molecule has 0 aromatic carbocycles. The second-order valence-electron chi connectivity index (χ2n) is 4.60. The summed E-state index contributed by atoms with van der Waals surface area (Å²) in [7, 11) is 0. The Labute approximate surface area is 99.4 Å². The lowest BCUT2D eigenvalue weighted by Crippen LogP contribution is -2.48. The number of hydrogen-bond acceptors (Lipinski definition) is 2. The molecule has 0 aromatic rings. The molecular weight excluding hydrogens is 208 g/mol. The Bertz CT molecular complexity index is 155. The van der Waals surface area contributed by atoms with Gasteiger partial charge in [0, 0.05) is 24.5 Å². The molecule has 1 saturated heterocycles. The van der Waals surface area contributed by atoms with E-state index in [9.17, 15) is 0 Å². The Morgan fingerprint density at radius 1 is 1.20 bits per heavy atom. The van der Waals surface area contributed by atoms with Crippen molar-refractivity contribution in [1.82, 2.24) is 10.2 Å². The summed E-state index contributed by atoms with van der Waals surface area (Å²) in [5, 5.41) is 3.64. The predicted molar refractivity (Wildman–Crippen MR) is 67.7 cm³/mol. The maximum Gasteiger partial charge on any atom is 0.0405 e. The molecule has 0 atom stereocenters. The van der Waals surface area contributed by atoms with Crippen LogP contribution >= 0.6 is 11.6 Å². The molecule has 3 heteroatoms. The Morgan fingerprint density at radius 2 is 1.80 bits per heavy atom. The zero-order chi connectivity index (χ0) is 11.1. The van der Waals surface area contributed by atoms with Crippen LogP contribution in [0.1, 0.15) is 39.5 Å². The SMILES string of the molecule is CCC(CC)(CCl)NCCN1CCCC1. The van der Waals surface area contributed by atoms with Crippen molar-refractivity contribution in [3.05, 3.63) is 0 Å². The maximum absolute atomic E-state index is 6.04. The van der Waals surface area contributed by atoms with E-state index < -0.39 is 0 Å². The number of nitrogens with zero attached hydrogens (tertiary/aromatic N) is 1. The molecule has 0 aliphatic carbocycles. The van der Waals surface area contributed by atoms with Crippen LogP contribution in [0, 0.1) is 0 Å². The number of likely N-dealkylation sites (tertiary alicyclic amines) is 1.